The molecule has 0 heterocycles. The molecular formula is C13H17ClO3. The van der Waals surface area contributed by atoms with Crippen LogP contribution in [0.15, 0.2) is 6.07 Å². The number of methoxy groups -OCH3 is 2. The van der Waals surface area contributed by atoms with Crippen LogP contribution in [0.5, 0.6) is 11.5 Å². The second-order valence-corrected chi connectivity index (χ2v) is 4.82. The predicted molar refractivity (Wildman–Crippen MR) is 67.2 cm³/mol. The monoisotopic (exact) mass is 256 g/mol. The van der Waals surface area contributed by atoms with E-state index in [4.69, 9.17) is 21.1 Å². The van der Waals surface area contributed by atoms with Crippen molar-refractivity contribution in [2.45, 2.75) is 31.8 Å². The van der Waals surface area contributed by atoms with Gasteiger partial charge in [-0.2, -0.15) is 0 Å². The average molecular weight is 257 g/mol. The highest BCUT2D eigenvalue weighted by Gasteiger charge is 2.31. The highest BCUT2D eigenvalue weighted by molar-refractivity contribution is 6.31. The lowest BCUT2D eigenvalue weighted by atomic mass is 9.81. The highest BCUT2D eigenvalue weighted by atomic mass is 35.5. The number of rotatable bonds is 2. The normalized spacial score (nSPS) is 23.1. The van der Waals surface area contributed by atoms with Crippen LogP contribution >= 0.6 is 11.6 Å². The molecule has 0 bridgehead atoms. The molecule has 1 aliphatic rings. The number of benzene rings is 1. The minimum atomic E-state index is -0.524. The van der Waals surface area contributed by atoms with Crippen molar-refractivity contribution in [3.8, 4) is 11.5 Å². The molecule has 0 amide bonds. The van der Waals surface area contributed by atoms with Crippen LogP contribution in [-0.2, 0) is 0 Å². The highest BCUT2D eigenvalue weighted by Crippen LogP contribution is 2.49. The van der Waals surface area contributed by atoms with Crippen LogP contribution in [0.2, 0.25) is 5.02 Å². The molecule has 0 saturated heterocycles. The van der Waals surface area contributed by atoms with E-state index < -0.39 is 6.10 Å². The number of fused-ring (bicyclic) bond motifs is 1. The third-order valence-electron chi connectivity index (χ3n) is 3.40. The summed E-state index contributed by atoms with van der Waals surface area (Å²) >= 11 is 6.27. The van der Waals surface area contributed by atoms with Gasteiger partial charge in [0.15, 0.2) is 11.5 Å². The summed E-state index contributed by atoms with van der Waals surface area (Å²) in [5.74, 6) is 1.51. The molecule has 0 spiro atoms. The molecule has 1 unspecified atom stereocenters. The van der Waals surface area contributed by atoms with E-state index in [0.717, 1.165) is 24.0 Å². The lowest BCUT2D eigenvalue weighted by molar-refractivity contribution is 0.146. The van der Waals surface area contributed by atoms with E-state index in [9.17, 15) is 5.11 Å². The Morgan fingerprint density at radius 2 is 1.94 bits per heavy atom. The van der Waals surface area contributed by atoms with Crippen LogP contribution in [0.3, 0.4) is 0 Å². The van der Waals surface area contributed by atoms with Crippen molar-refractivity contribution in [3.05, 3.63) is 22.2 Å². The summed E-state index contributed by atoms with van der Waals surface area (Å²) in [6.45, 7) is 2.11. The smallest absolute Gasteiger partial charge is 0.166 e. The zero-order valence-electron chi connectivity index (χ0n) is 10.3. The second-order valence-electron chi connectivity index (χ2n) is 4.42. The molecule has 2 rings (SSSR count). The third kappa shape index (κ3) is 1.98. The number of hydrogen-bond donors (Lipinski definition) is 1. The molecule has 2 atom stereocenters. The maximum absolute atomic E-state index is 10.1. The Hall–Kier alpha value is -0.930. The van der Waals surface area contributed by atoms with E-state index in [-0.39, 0.29) is 0 Å². The Morgan fingerprint density at radius 1 is 1.24 bits per heavy atom. The van der Waals surface area contributed by atoms with Gasteiger partial charge in [-0.05, 0) is 24.3 Å². The van der Waals surface area contributed by atoms with Crippen molar-refractivity contribution in [1.29, 1.82) is 0 Å². The molecule has 1 aromatic rings. The molecular weight excluding hydrogens is 240 g/mol. The minimum absolute atomic E-state index is 0.334. The molecule has 0 fully saturated rings. The fourth-order valence-corrected chi connectivity index (χ4v) is 2.92. The van der Waals surface area contributed by atoms with Gasteiger partial charge in [0.1, 0.15) is 0 Å². The summed E-state index contributed by atoms with van der Waals surface area (Å²) < 4.78 is 10.6. The SMILES string of the molecule is COc1cc(Cl)c2c(c1OC)[C@H](O)CCC2C. The molecule has 1 aliphatic carbocycles. The van der Waals surface area contributed by atoms with E-state index in [1.807, 2.05) is 0 Å². The zero-order valence-corrected chi connectivity index (χ0v) is 11.0. The molecule has 3 nitrogen and oxygen atoms in total. The Morgan fingerprint density at radius 3 is 2.53 bits per heavy atom. The quantitative estimate of drug-likeness (QED) is 0.883. The summed E-state index contributed by atoms with van der Waals surface area (Å²) in [6.07, 6.45) is 1.14. The van der Waals surface area contributed by atoms with E-state index in [1.165, 1.54) is 0 Å². The first-order chi connectivity index (χ1) is 8.10. The van der Waals surface area contributed by atoms with Gasteiger partial charge in [0.05, 0.1) is 20.3 Å². The van der Waals surface area contributed by atoms with Crippen molar-refractivity contribution in [1.82, 2.24) is 0 Å². The summed E-state index contributed by atoms with van der Waals surface area (Å²) in [5, 5.41) is 10.8. The fraction of sp³-hybridized carbons (Fsp3) is 0.538. The Bertz CT molecular complexity index is 431. The van der Waals surface area contributed by atoms with E-state index in [1.54, 1.807) is 20.3 Å². The number of ether oxygens (including phenoxy) is 2. The molecule has 0 aromatic heterocycles. The van der Waals surface area contributed by atoms with E-state index >= 15 is 0 Å². The van der Waals surface area contributed by atoms with Gasteiger partial charge in [-0.15, -0.1) is 0 Å². The molecule has 0 radical (unpaired) electrons. The van der Waals surface area contributed by atoms with Gasteiger partial charge in [-0.25, -0.2) is 0 Å². The Labute approximate surface area is 106 Å². The number of halogens is 1. The molecule has 94 valence electrons. The molecule has 4 heteroatoms. The lowest BCUT2D eigenvalue weighted by Crippen LogP contribution is -2.15. The predicted octanol–water partition coefficient (Wildman–Crippen LogP) is 3.29. The average Bonchev–Trinajstić information content (AvgIpc) is 2.32. The maximum Gasteiger partial charge on any atom is 0.166 e. The van der Waals surface area contributed by atoms with Crippen LogP contribution < -0.4 is 9.47 Å². The van der Waals surface area contributed by atoms with Gasteiger partial charge in [0, 0.05) is 16.7 Å². The van der Waals surface area contributed by atoms with Crippen LogP contribution in [0, 0.1) is 0 Å². The van der Waals surface area contributed by atoms with Gasteiger partial charge >= 0.3 is 0 Å². The zero-order chi connectivity index (χ0) is 12.6. The maximum atomic E-state index is 10.1. The summed E-state index contributed by atoms with van der Waals surface area (Å²) in [5.41, 5.74) is 1.78. The summed E-state index contributed by atoms with van der Waals surface area (Å²) in [4.78, 5) is 0. The van der Waals surface area contributed by atoms with Crippen molar-refractivity contribution in [3.63, 3.8) is 0 Å². The van der Waals surface area contributed by atoms with Crippen LogP contribution in [0.25, 0.3) is 0 Å². The van der Waals surface area contributed by atoms with Crippen LogP contribution in [0.1, 0.15) is 42.9 Å². The van der Waals surface area contributed by atoms with Crippen LogP contribution in [0.4, 0.5) is 0 Å². The minimum Gasteiger partial charge on any atom is -0.493 e. The fourth-order valence-electron chi connectivity index (χ4n) is 2.53. The molecule has 1 aromatic carbocycles. The van der Waals surface area contributed by atoms with Crippen molar-refractivity contribution >= 4 is 11.6 Å². The largest absolute Gasteiger partial charge is 0.493 e. The first-order valence-corrected chi connectivity index (χ1v) is 6.10. The third-order valence-corrected chi connectivity index (χ3v) is 3.71. The second kappa shape index (κ2) is 4.75. The van der Waals surface area contributed by atoms with Gasteiger partial charge in [0.2, 0.25) is 0 Å². The van der Waals surface area contributed by atoms with Gasteiger partial charge < -0.3 is 14.6 Å². The Kier molecular flexibility index (Phi) is 3.50. The number of aliphatic hydroxyl groups excluding tert-OH is 1. The van der Waals surface area contributed by atoms with Crippen LogP contribution in [-0.4, -0.2) is 19.3 Å². The van der Waals surface area contributed by atoms with Gasteiger partial charge in [-0.3, -0.25) is 0 Å². The van der Waals surface area contributed by atoms with Gasteiger partial charge in [0.25, 0.3) is 0 Å². The first-order valence-electron chi connectivity index (χ1n) is 5.72. The van der Waals surface area contributed by atoms with E-state index in [2.05, 4.69) is 6.92 Å². The lowest BCUT2D eigenvalue weighted by Gasteiger charge is -2.30. The number of aliphatic hydroxyl groups is 1. The van der Waals surface area contributed by atoms with Crippen molar-refractivity contribution < 1.29 is 14.6 Å². The molecule has 1 N–H and O–H groups in total. The van der Waals surface area contributed by atoms with Gasteiger partial charge in [-0.1, -0.05) is 18.5 Å². The summed E-state index contributed by atoms with van der Waals surface area (Å²) in [7, 11) is 3.15. The topological polar surface area (TPSA) is 38.7 Å². The molecule has 0 aliphatic heterocycles. The number of hydrogen-bond acceptors (Lipinski definition) is 3. The van der Waals surface area contributed by atoms with Crippen molar-refractivity contribution in [2.24, 2.45) is 0 Å². The Balaban J connectivity index is 2.70. The van der Waals surface area contributed by atoms with Crippen molar-refractivity contribution in [2.75, 3.05) is 14.2 Å². The first kappa shape index (κ1) is 12.5. The molecule has 17 heavy (non-hydrogen) atoms. The standard InChI is InChI=1S/C13H17ClO3/c1-7-4-5-9(15)12-11(7)8(14)6-10(16-2)13(12)17-3/h6-7,9,15H,4-5H2,1-3H3/t7?,9-/m1/s1. The molecule has 0 saturated carbocycles. The summed E-state index contributed by atoms with van der Waals surface area (Å²) in [6, 6.07) is 1.76. The van der Waals surface area contributed by atoms with E-state index in [0.29, 0.717) is 22.4 Å².